The Hall–Kier alpha value is -3.65. The minimum Gasteiger partial charge on any atom is -0.356 e. The van der Waals surface area contributed by atoms with Gasteiger partial charge in [-0.25, -0.2) is 9.50 Å². The summed E-state index contributed by atoms with van der Waals surface area (Å²) in [6, 6.07) is 17.4. The number of pyridine rings is 2. The molecule has 2 atom stereocenters. The number of anilines is 1. The van der Waals surface area contributed by atoms with Gasteiger partial charge in [-0.05, 0) is 53.5 Å². The van der Waals surface area contributed by atoms with Gasteiger partial charge in [0, 0.05) is 42.2 Å². The summed E-state index contributed by atoms with van der Waals surface area (Å²) >= 11 is 0. The molecule has 2 fully saturated rings. The smallest absolute Gasteiger partial charge is 0.128 e. The molecule has 1 aliphatic heterocycles. The molecule has 0 N–H and O–H groups in total. The zero-order valence-electron chi connectivity index (χ0n) is 18.4. The van der Waals surface area contributed by atoms with Crippen LogP contribution < -0.4 is 4.90 Å². The Bertz CT molecular complexity index is 1330. The first kappa shape index (κ1) is 19.1. The van der Waals surface area contributed by atoms with Crippen LogP contribution in [0.25, 0.3) is 27.8 Å². The molecule has 1 aromatic carbocycles. The van der Waals surface area contributed by atoms with Crippen LogP contribution in [-0.2, 0) is 0 Å². The highest BCUT2D eigenvalue weighted by Gasteiger charge is 2.45. The van der Waals surface area contributed by atoms with E-state index in [1.807, 2.05) is 16.9 Å². The molecule has 5 nitrogen and oxygen atoms in total. The molecule has 0 radical (unpaired) electrons. The Morgan fingerprint density at radius 2 is 1.72 bits per heavy atom. The highest BCUT2D eigenvalue weighted by Crippen LogP contribution is 2.46. The summed E-state index contributed by atoms with van der Waals surface area (Å²) in [6.45, 7) is 6.66. The maximum absolute atomic E-state index is 9.66. The summed E-state index contributed by atoms with van der Waals surface area (Å²) in [5.41, 5.74) is 6.90. The standard InChI is InChI=1S/C27H25N5/c1-17(2)18-3-5-19(6-4-18)23-10-25(27-24(11-28)13-30-32(27)16-23)20-7-8-26(29-12-20)31-14-21-9-22(21)15-31/h3-8,10,12-13,16-17,21-22H,9,14-15H2,1-2H3. The summed E-state index contributed by atoms with van der Waals surface area (Å²) in [5.74, 6) is 3.29. The second-order valence-electron chi connectivity index (χ2n) is 9.45. The summed E-state index contributed by atoms with van der Waals surface area (Å²) in [6.07, 6.45) is 6.97. The monoisotopic (exact) mass is 419 g/mol. The number of nitriles is 1. The van der Waals surface area contributed by atoms with E-state index in [9.17, 15) is 5.26 Å². The Morgan fingerprint density at radius 1 is 0.969 bits per heavy atom. The number of fused-ring (bicyclic) bond motifs is 2. The van der Waals surface area contributed by atoms with Gasteiger partial charge in [0.2, 0.25) is 0 Å². The van der Waals surface area contributed by atoms with E-state index in [-0.39, 0.29) is 0 Å². The normalized spacial score (nSPS) is 19.4. The summed E-state index contributed by atoms with van der Waals surface area (Å²) in [5, 5.41) is 14.1. The van der Waals surface area contributed by atoms with Crippen molar-refractivity contribution in [2.45, 2.75) is 26.2 Å². The fourth-order valence-corrected chi connectivity index (χ4v) is 4.96. The van der Waals surface area contributed by atoms with Crippen LogP contribution in [0.15, 0.2) is 61.1 Å². The largest absolute Gasteiger partial charge is 0.356 e. The van der Waals surface area contributed by atoms with E-state index in [1.165, 1.54) is 12.0 Å². The van der Waals surface area contributed by atoms with Crippen molar-refractivity contribution in [2.24, 2.45) is 11.8 Å². The number of hydrogen-bond acceptors (Lipinski definition) is 4. The van der Waals surface area contributed by atoms with Gasteiger partial charge in [0.05, 0.1) is 17.3 Å². The quantitative estimate of drug-likeness (QED) is 0.437. The van der Waals surface area contributed by atoms with Crippen molar-refractivity contribution >= 4 is 11.3 Å². The van der Waals surface area contributed by atoms with Crippen LogP contribution in [0, 0.1) is 23.2 Å². The zero-order chi connectivity index (χ0) is 21.8. The Kier molecular flexibility index (Phi) is 4.29. The average molecular weight is 420 g/mol. The van der Waals surface area contributed by atoms with Gasteiger partial charge in [-0.3, -0.25) is 0 Å². The Balaban J connectivity index is 1.43. The topological polar surface area (TPSA) is 57.2 Å². The van der Waals surface area contributed by atoms with Crippen molar-refractivity contribution in [2.75, 3.05) is 18.0 Å². The number of rotatable bonds is 4. The number of nitrogens with zero attached hydrogens (tertiary/aromatic N) is 5. The molecular formula is C27H25N5. The molecule has 158 valence electrons. The maximum atomic E-state index is 9.66. The predicted molar refractivity (Wildman–Crippen MR) is 126 cm³/mol. The lowest BCUT2D eigenvalue weighted by Crippen LogP contribution is -2.22. The van der Waals surface area contributed by atoms with Gasteiger partial charge < -0.3 is 4.90 Å². The van der Waals surface area contributed by atoms with Crippen molar-refractivity contribution in [3.05, 3.63) is 72.2 Å². The fourth-order valence-electron chi connectivity index (χ4n) is 4.96. The molecule has 1 saturated heterocycles. The van der Waals surface area contributed by atoms with E-state index in [1.54, 1.807) is 6.20 Å². The first-order valence-corrected chi connectivity index (χ1v) is 11.3. The van der Waals surface area contributed by atoms with Gasteiger partial charge in [0.1, 0.15) is 11.9 Å². The fraction of sp³-hybridized carbons (Fsp3) is 0.296. The van der Waals surface area contributed by atoms with Gasteiger partial charge in [-0.1, -0.05) is 38.1 Å². The second kappa shape index (κ2) is 7.20. The lowest BCUT2D eigenvalue weighted by molar-refractivity contribution is 0.805. The molecular weight excluding hydrogens is 394 g/mol. The first-order chi connectivity index (χ1) is 15.6. The third-order valence-electron chi connectivity index (χ3n) is 7.00. The molecule has 2 unspecified atom stereocenters. The molecule has 0 spiro atoms. The van der Waals surface area contributed by atoms with Crippen LogP contribution >= 0.6 is 0 Å². The van der Waals surface area contributed by atoms with Crippen molar-refractivity contribution in [1.82, 2.24) is 14.6 Å². The SMILES string of the molecule is CC(C)c1ccc(-c2cc(-c3ccc(N4CC5CC5C4)nc3)c3c(C#N)cnn3c2)cc1. The molecule has 4 heterocycles. The minimum absolute atomic E-state index is 0.498. The van der Waals surface area contributed by atoms with Gasteiger partial charge >= 0.3 is 0 Å². The van der Waals surface area contributed by atoms with Gasteiger partial charge in [0.15, 0.2) is 0 Å². The highest BCUT2D eigenvalue weighted by molar-refractivity contribution is 5.87. The number of benzene rings is 1. The number of piperidine rings is 1. The minimum atomic E-state index is 0.498. The third kappa shape index (κ3) is 3.15. The average Bonchev–Trinajstić information content (AvgIpc) is 3.23. The molecule has 0 amide bonds. The third-order valence-corrected chi connectivity index (χ3v) is 7.00. The van der Waals surface area contributed by atoms with E-state index >= 15 is 0 Å². The van der Waals surface area contributed by atoms with Crippen molar-refractivity contribution in [1.29, 1.82) is 5.26 Å². The van der Waals surface area contributed by atoms with Crippen LogP contribution in [0.5, 0.6) is 0 Å². The van der Waals surface area contributed by atoms with Crippen molar-refractivity contribution < 1.29 is 0 Å². The van der Waals surface area contributed by atoms with Crippen LogP contribution in [0.2, 0.25) is 0 Å². The summed E-state index contributed by atoms with van der Waals surface area (Å²) in [7, 11) is 0. The molecule has 1 saturated carbocycles. The zero-order valence-corrected chi connectivity index (χ0v) is 18.4. The van der Waals surface area contributed by atoms with E-state index < -0.39 is 0 Å². The van der Waals surface area contributed by atoms with Crippen LogP contribution in [0.3, 0.4) is 0 Å². The molecule has 5 heteroatoms. The molecule has 4 aromatic rings. The van der Waals surface area contributed by atoms with Crippen molar-refractivity contribution in [3.63, 3.8) is 0 Å². The Labute approximate surface area is 187 Å². The molecule has 1 aliphatic carbocycles. The lowest BCUT2D eigenvalue weighted by Gasteiger charge is -2.19. The van der Waals surface area contributed by atoms with Gasteiger partial charge in [-0.15, -0.1) is 0 Å². The van der Waals surface area contributed by atoms with Crippen LogP contribution in [-0.4, -0.2) is 27.7 Å². The maximum Gasteiger partial charge on any atom is 0.128 e. The van der Waals surface area contributed by atoms with E-state index in [0.29, 0.717) is 11.5 Å². The summed E-state index contributed by atoms with van der Waals surface area (Å²) in [4.78, 5) is 7.18. The molecule has 3 aromatic heterocycles. The second-order valence-corrected chi connectivity index (χ2v) is 9.45. The predicted octanol–water partition coefficient (Wildman–Crippen LogP) is 5.51. The van der Waals surface area contributed by atoms with Crippen molar-refractivity contribution in [3.8, 4) is 28.3 Å². The Morgan fingerprint density at radius 3 is 2.38 bits per heavy atom. The summed E-state index contributed by atoms with van der Waals surface area (Å²) < 4.78 is 1.82. The first-order valence-electron chi connectivity index (χ1n) is 11.3. The molecule has 32 heavy (non-hydrogen) atoms. The lowest BCUT2D eigenvalue weighted by atomic mass is 9.97. The molecule has 6 rings (SSSR count). The van der Waals surface area contributed by atoms with Crippen LogP contribution in [0.1, 0.15) is 37.3 Å². The highest BCUT2D eigenvalue weighted by atomic mass is 15.2. The number of hydrogen-bond donors (Lipinski definition) is 0. The van der Waals surface area contributed by atoms with Gasteiger partial charge in [-0.2, -0.15) is 10.4 Å². The number of aromatic nitrogens is 3. The molecule has 0 bridgehead atoms. The van der Waals surface area contributed by atoms with E-state index in [0.717, 1.165) is 58.5 Å². The van der Waals surface area contributed by atoms with E-state index in [4.69, 9.17) is 4.98 Å². The van der Waals surface area contributed by atoms with Gasteiger partial charge in [0.25, 0.3) is 0 Å². The molecule has 2 aliphatic rings. The van der Waals surface area contributed by atoms with Crippen LogP contribution in [0.4, 0.5) is 5.82 Å². The van der Waals surface area contributed by atoms with E-state index in [2.05, 4.69) is 72.4 Å².